The molecule has 124 valence electrons. The number of rotatable bonds is 5. The van der Waals surface area contributed by atoms with Crippen LogP contribution in [0.15, 0.2) is 23.1 Å². The van der Waals surface area contributed by atoms with Gasteiger partial charge in [-0.3, -0.25) is 15.0 Å². The Labute approximate surface area is 136 Å². The zero-order chi connectivity index (χ0) is 17.0. The van der Waals surface area contributed by atoms with E-state index in [1.54, 1.807) is 0 Å². The van der Waals surface area contributed by atoms with Crippen molar-refractivity contribution in [3.05, 3.63) is 28.3 Å². The van der Waals surface area contributed by atoms with Crippen LogP contribution in [0.1, 0.15) is 6.42 Å². The van der Waals surface area contributed by atoms with Crippen molar-refractivity contribution < 1.29 is 13.3 Å². The van der Waals surface area contributed by atoms with Crippen molar-refractivity contribution >= 4 is 21.2 Å². The molecule has 1 heterocycles. The summed E-state index contributed by atoms with van der Waals surface area (Å²) in [6, 6.07) is 4.07. The summed E-state index contributed by atoms with van der Waals surface area (Å²) >= 11 is 0. The fraction of sp³-hybridized carbons (Fsp3) is 0.467. The number of hydrogen-bond acceptors (Lipinski definition) is 6. The zero-order valence-electron chi connectivity index (χ0n) is 12.9. The van der Waals surface area contributed by atoms with E-state index < -0.39 is 14.8 Å². The summed E-state index contributed by atoms with van der Waals surface area (Å²) < 4.78 is 23.2. The quantitative estimate of drug-likeness (QED) is 0.455. The number of nitro benzene ring substituents is 1. The highest BCUT2D eigenvalue weighted by Gasteiger charge is 2.25. The first-order valence-corrected chi connectivity index (χ1v) is 9.11. The molecule has 0 radical (unpaired) electrons. The van der Waals surface area contributed by atoms with E-state index in [1.807, 2.05) is 4.90 Å². The summed E-state index contributed by atoms with van der Waals surface area (Å²) in [6.07, 6.45) is 6.98. The van der Waals surface area contributed by atoms with Crippen LogP contribution in [0.25, 0.3) is 0 Å². The van der Waals surface area contributed by atoms with Gasteiger partial charge in [-0.15, -0.1) is 12.3 Å². The maximum Gasteiger partial charge on any atom is 0.293 e. The SMILES string of the molecule is C#CCCN1CCN(c2ccc(S(C)(=O)=O)cc2[N+](=O)[O-])CC1. The average Bonchev–Trinajstić information content (AvgIpc) is 2.52. The molecule has 1 fully saturated rings. The molecular formula is C15H19N3O4S. The highest BCUT2D eigenvalue weighted by molar-refractivity contribution is 7.90. The lowest BCUT2D eigenvalue weighted by atomic mass is 10.2. The van der Waals surface area contributed by atoms with Gasteiger partial charge in [0.25, 0.3) is 5.69 Å². The molecule has 23 heavy (non-hydrogen) atoms. The van der Waals surface area contributed by atoms with Crippen molar-refractivity contribution in [2.45, 2.75) is 11.3 Å². The maximum atomic E-state index is 11.6. The standard InChI is InChI=1S/C15H19N3O4S/c1-3-4-7-16-8-10-17(11-9-16)14-6-5-13(23(2,21)22)12-15(14)18(19)20/h1,5-6,12H,4,7-11H2,2H3. The molecule has 0 saturated carbocycles. The Morgan fingerprint density at radius 3 is 2.48 bits per heavy atom. The van der Waals surface area contributed by atoms with Gasteiger partial charge in [0, 0.05) is 51.5 Å². The number of anilines is 1. The van der Waals surface area contributed by atoms with Gasteiger partial charge in [-0.2, -0.15) is 0 Å². The van der Waals surface area contributed by atoms with Gasteiger partial charge in [-0.1, -0.05) is 0 Å². The van der Waals surface area contributed by atoms with E-state index >= 15 is 0 Å². The van der Waals surface area contributed by atoms with Crippen LogP contribution in [0.2, 0.25) is 0 Å². The van der Waals surface area contributed by atoms with Crippen molar-refractivity contribution in [2.24, 2.45) is 0 Å². The fourth-order valence-electron chi connectivity index (χ4n) is 2.58. The van der Waals surface area contributed by atoms with Crippen LogP contribution in [-0.4, -0.2) is 57.2 Å². The van der Waals surface area contributed by atoms with Crippen LogP contribution in [0.4, 0.5) is 11.4 Å². The van der Waals surface area contributed by atoms with E-state index in [0.717, 1.165) is 32.0 Å². The Kier molecular flexibility index (Phi) is 5.23. The minimum Gasteiger partial charge on any atom is -0.363 e. The van der Waals surface area contributed by atoms with Crippen LogP contribution in [0, 0.1) is 22.5 Å². The lowest BCUT2D eigenvalue weighted by molar-refractivity contribution is -0.384. The van der Waals surface area contributed by atoms with Crippen LogP contribution in [0.5, 0.6) is 0 Å². The van der Waals surface area contributed by atoms with Gasteiger partial charge in [-0.05, 0) is 12.1 Å². The number of nitro groups is 1. The summed E-state index contributed by atoms with van der Waals surface area (Å²) in [4.78, 5) is 14.9. The van der Waals surface area contributed by atoms with Gasteiger partial charge in [0.1, 0.15) is 5.69 Å². The lowest BCUT2D eigenvalue weighted by Gasteiger charge is -2.35. The minimum absolute atomic E-state index is 0.0411. The number of piperazine rings is 1. The average molecular weight is 337 g/mol. The fourth-order valence-corrected chi connectivity index (χ4v) is 3.22. The Balaban J connectivity index is 2.21. The number of benzene rings is 1. The van der Waals surface area contributed by atoms with Gasteiger partial charge in [0.05, 0.1) is 9.82 Å². The summed E-state index contributed by atoms with van der Waals surface area (Å²) in [6.45, 7) is 3.64. The van der Waals surface area contributed by atoms with Crippen molar-refractivity contribution in [1.82, 2.24) is 4.90 Å². The predicted octanol–water partition coefficient (Wildman–Crippen LogP) is 1.14. The third kappa shape index (κ3) is 4.21. The number of terminal acetylenes is 1. The Morgan fingerprint density at radius 2 is 1.96 bits per heavy atom. The minimum atomic E-state index is -3.48. The lowest BCUT2D eigenvalue weighted by Crippen LogP contribution is -2.46. The summed E-state index contributed by atoms with van der Waals surface area (Å²) in [5.74, 6) is 2.60. The van der Waals surface area contributed by atoms with E-state index in [-0.39, 0.29) is 10.6 Å². The van der Waals surface area contributed by atoms with Crippen LogP contribution < -0.4 is 4.90 Å². The number of sulfone groups is 1. The van der Waals surface area contributed by atoms with Gasteiger partial charge in [0.2, 0.25) is 0 Å². The molecule has 0 atom stereocenters. The number of hydrogen-bond donors (Lipinski definition) is 0. The molecule has 0 bridgehead atoms. The molecular weight excluding hydrogens is 318 g/mol. The normalized spacial score (nSPS) is 16.1. The molecule has 8 heteroatoms. The molecule has 1 aliphatic heterocycles. The first-order valence-electron chi connectivity index (χ1n) is 7.22. The summed E-state index contributed by atoms with van der Waals surface area (Å²) in [5.41, 5.74) is 0.281. The van der Waals surface area contributed by atoms with E-state index in [9.17, 15) is 18.5 Å². The van der Waals surface area contributed by atoms with E-state index in [0.29, 0.717) is 25.2 Å². The first kappa shape index (κ1) is 17.2. The van der Waals surface area contributed by atoms with E-state index in [2.05, 4.69) is 10.8 Å². The summed E-state index contributed by atoms with van der Waals surface area (Å²) in [7, 11) is -3.48. The molecule has 1 saturated heterocycles. The molecule has 0 N–H and O–H groups in total. The van der Waals surface area contributed by atoms with Crippen molar-refractivity contribution in [3.63, 3.8) is 0 Å². The molecule has 1 aliphatic rings. The monoisotopic (exact) mass is 337 g/mol. The second-order valence-corrected chi connectivity index (χ2v) is 7.48. The molecule has 0 spiro atoms. The van der Waals surface area contributed by atoms with E-state index in [4.69, 9.17) is 6.42 Å². The highest BCUT2D eigenvalue weighted by Crippen LogP contribution is 2.31. The number of nitrogens with zero attached hydrogens (tertiary/aromatic N) is 3. The molecule has 1 aromatic carbocycles. The van der Waals surface area contributed by atoms with Gasteiger partial charge in [-0.25, -0.2) is 8.42 Å². The van der Waals surface area contributed by atoms with Gasteiger partial charge >= 0.3 is 0 Å². The second kappa shape index (κ2) is 6.98. The van der Waals surface area contributed by atoms with Crippen molar-refractivity contribution in [1.29, 1.82) is 0 Å². The molecule has 7 nitrogen and oxygen atoms in total. The van der Waals surface area contributed by atoms with Crippen LogP contribution in [-0.2, 0) is 9.84 Å². The zero-order valence-corrected chi connectivity index (χ0v) is 13.8. The summed E-state index contributed by atoms with van der Waals surface area (Å²) in [5, 5.41) is 11.3. The van der Waals surface area contributed by atoms with Crippen molar-refractivity contribution in [3.8, 4) is 12.3 Å². The second-order valence-electron chi connectivity index (χ2n) is 5.46. The third-order valence-electron chi connectivity index (χ3n) is 3.86. The maximum absolute atomic E-state index is 11.6. The van der Waals surface area contributed by atoms with Gasteiger partial charge < -0.3 is 4.90 Å². The molecule has 1 aromatic rings. The van der Waals surface area contributed by atoms with E-state index in [1.165, 1.54) is 12.1 Å². The Bertz CT molecular complexity index is 732. The molecule has 0 aliphatic carbocycles. The first-order chi connectivity index (χ1) is 10.8. The predicted molar refractivity (Wildman–Crippen MR) is 88.3 cm³/mol. The van der Waals surface area contributed by atoms with Crippen LogP contribution in [0.3, 0.4) is 0 Å². The smallest absolute Gasteiger partial charge is 0.293 e. The largest absolute Gasteiger partial charge is 0.363 e. The Hall–Kier alpha value is -2.11. The van der Waals surface area contributed by atoms with Gasteiger partial charge in [0.15, 0.2) is 9.84 Å². The molecule has 0 aromatic heterocycles. The highest BCUT2D eigenvalue weighted by atomic mass is 32.2. The Morgan fingerprint density at radius 1 is 1.30 bits per heavy atom. The van der Waals surface area contributed by atoms with Crippen molar-refractivity contribution in [2.75, 3.05) is 43.9 Å². The van der Waals surface area contributed by atoms with Crippen LogP contribution >= 0.6 is 0 Å². The third-order valence-corrected chi connectivity index (χ3v) is 4.97. The topological polar surface area (TPSA) is 83.8 Å². The molecule has 0 amide bonds. The molecule has 0 unspecified atom stereocenters. The molecule has 2 rings (SSSR count).